The van der Waals surface area contributed by atoms with Crippen LogP contribution in [-0.4, -0.2) is 34.7 Å². The summed E-state index contributed by atoms with van der Waals surface area (Å²) in [4.78, 5) is 22.3. The van der Waals surface area contributed by atoms with E-state index in [1.165, 1.54) is 17.5 Å². The van der Waals surface area contributed by atoms with Crippen LogP contribution in [0.4, 0.5) is 0 Å². The van der Waals surface area contributed by atoms with Crippen molar-refractivity contribution in [3.8, 4) is 0 Å². The molecule has 2 rings (SSSR count). The van der Waals surface area contributed by atoms with Gasteiger partial charge in [-0.05, 0) is 48.9 Å². The number of hydrogen-bond donors (Lipinski definition) is 3. The quantitative estimate of drug-likeness (QED) is 0.748. The van der Waals surface area contributed by atoms with Crippen LogP contribution in [0.5, 0.6) is 0 Å². The predicted molar refractivity (Wildman–Crippen MR) is 69.1 cm³/mol. The molecule has 0 bridgehead atoms. The van der Waals surface area contributed by atoms with Gasteiger partial charge in [0.05, 0.1) is 6.54 Å². The van der Waals surface area contributed by atoms with Crippen LogP contribution in [0.1, 0.15) is 34.3 Å². The molecule has 3 N–H and O–H groups in total. The molecule has 0 unspecified atom stereocenters. The number of nitrogens with one attached hydrogen (secondary N) is 1. The molecular formula is C14H17NO4. The van der Waals surface area contributed by atoms with Gasteiger partial charge in [-0.15, -0.1) is 0 Å². The Hall–Kier alpha value is -1.88. The molecule has 5 nitrogen and oxygen atoms in total. The van der Waals surface area contributed by atoms with Crippen LogP contribution >= 0.6 is 0 Å². The maximum Gasteiger partial charge on any atom is 0.334 e. The summed E-state index contributed by atoms with van der Waals surface area (Å²) in [5.74, 6) is -1.69. The van der Waals surface area contributed by atoms with Gasteiger partial charge >= 0.3 is 5.97 Å². The first-order valence-electron chi connectivity index (χ1n) is 6.39. The van der Waals surface area contributed by atoms with Crippen molar-refractivity contribution >= 4 is 11.9 Å². The molecule has 5 heteroatoms. The van der Waals surface area contributed by atoms with E-state index in [9.17, 15) is 9.59 Å². The molecule has 0 radical (unpaired) electrons. The average Bonchev–Trinajstić information content (AvgIpc) is 2.43. The number of carboxylic acid groups (broad SMARTS) is 1. The van der Waals surface area contributed by atoms with Crippen molar-refractivity contribution in [2.24, 2.45) is 0 Å². The van der Waals surface area contributed by atoms with Crippen molar-refractivity contribution in [1.82, 2.24) is 5.32 Å². The lowest BCUT2D eigenvalue weighted by Gasteiger charge is -2.16. The number of rotatable bonds is 4. The maximum atomic E-state index is 11.8. The molecule has 0 saturated carbocycles. The molecule has 0 aromatic heterocycles. The molecule has 1 atom stereocenters. The minimum atomic E-state index is -1.57. The van der Waals surface area contributed by atoms with Crippen molar-refractivity contribution in [2.75, 3.05) is 6.54 Å². The van der Waals surface area contributed by atoms with E-state index in [1.807, 2.05) is 12.1 Å². The van der Waals surface area contributed by atoms with E-state index in [0.29, 0.717) is 5.56 Å². The van der Waals surface area contributed by atoms with Gasteiger partial charge in [-0.2, -0.15) is 0 Å². The van der Waals surface area contributed by atoms with Gasteiger partial charge in [0.1, 0.15) is 0 Å². The fourth-order valence-corrected chi connectivity index (χ4v) is 2.25. The minimum Gasteiger partial charge on any atom is -0.479 e. The number of aliphatic hydroxyl groups excluding tert-OH is 1. The van der Waals surface area contributed by atoms with Crippen LogP contribution in [-0.2, 0) is 17.6 Å². The number of carbonyl (C=O) groups is 2. The van der Waals surface area contributed by atoms with E-state index >= 15 is 0 Å². The van der Waals surface area contributed by atoms with Gasteiger partial charge in [0, 0.05) is 5.56 Å². The second-order valence-corrected chi connectivity index (χ2v) is 4.75. The highest BCUT2D eigenvalue weighted by Crippen LogP contribution is 2.22. The first-order valence-corrected chi connectivity index (χ1v) is 6.39. The zero-order valence-corrected chi connectivity index (χ0v) is 10.6. The van der Waals surface area contributed by atoms with Gasteiger partial charge in [0.2, 0.25) is 0 Å². The third-order valence-electron chi connectivity index (χ3n) is 3.35. The zero-order chi connectivity index (χ0) is 13.8. The standard InChI is InChI=1S/C14H17NO4/c16-12(14(18)19)8-15-13(17)11-6-5-9-3-1-2-4-10(9)7-11/h5-7,12,16H,1-4,8H2,(H,15,17)(H,18,19)/t12-/m0/s1. The normalized spacial score (nSPS) is 15.4. The number of carboxylic acids is 1. The molecule has 0 aliphatic heterocycles. The summed E-state index contributed by atoms with van der Waals surface area (Å²) in [7, 11) is 0. The number of fused-ring (bicyclic) bond motifs is 1. The largest absolute Gasteiger partial charge is 0.479 e. The first kappa shape index (κ1) is 13.5. The molecule has 102 valence electrons. The Labute approximate surface area is 111 Å². The van der Waals surface area contributed by atoms with Crippen molar-refractivity contribution in [1.29, 1.82) is 0 Å². The topological polar surface area (TPSA) is 86.6 Å². The van der Waals surface area contributed by atoms with Crippen molar-refractivity contribution in [2.45, 2.75) is 31.8 Å². The van der Waals surface area contributed by atoms with Gasteiger partial charge in [-0.25, -0.2) is 4.79 Å². The molecule has 1 aromatic carbocycles. The van der Waals surface area contributed by atoms with E-state index in [4.69, 9.17) is 10.2 Å². The Kier molecular flexibility index (Phi) is 4.16. The molecule has 0 heterocycles. The van der Waals surface area contributed by atoms with E-state index in [1.54, 1.807) is 6.07 Å². The summed E-state index contributed by atoms with van der Waals surface area (Å²) in [6.45, 7) is -0.286. The third kappa shape index (κ3) is 3.32. The highest BCUT2D eigenvalue weighted by atomic mass is 16.4. The summed E-state index contributed by atoms with van der Waals surface area (Å²) < 4.78 is 0. The minimum absolute atomic E-state index is 0.286. The fraction of sp³-hybridized carbons (Fsp3) is 0.429. The highest BCUT2D eigenvalue weighted by molar-refractivity contribution is 5.94. The Morgan fingerprint density at radius 2 is 1.89 bits per heavy atom. The SMILES string of the molecule is O=C(NC[C@H](O)C(=O)O)c1ccc2c(c1)CCCC2. The maximum absolute atomic E-state index is 11.8. The Morgan fingerprint density at radius 1 is 1.21 bits per heavy atom. The Bertz CT molecular complexity index is 498. The zero-order valence-electron chi connectivity index (χ0n) is 10.6. The van der Waals surface area contributed by atoms with Gasteiger partial charge in [0.25, 0.3) is 5.91 Å². The number of amides is 1. The highest BCUT2D eigenvalue weighted by Gasteiger charge is 2.16. The second-order valence-electron chi connectivity index (χ2n) is 4.75. The molecule has 0 fully saturated rings. The number of aliphatic hydroxyl groups is 1. The van der Waals surface area contributed by atoms with E-state index < -0.39 is 12.1 Å². The first-order chi connectivity index (χ1) is 9.08. The van der Waals surface area contributed by atoms with Gasteiger partial charge in [-0.1, -0.05) is 6.07 Å². The smallest absolute Gasteiger partial charge is 0.334 e. The van der Waals surface area contributed by atoms with Crippen LogP contribution in [0, 0.1) is 0 Å². The summed E-state index contributed by atoms with van der Waals surface area (Å²) >= 11 is 0. The lowest BCUT2D eigenvalue weighted by molar-refractivity contribution is -0.146. The summed E-state index contributed by atoms with van der Waals surface area (Å²) in [5.41, 5.74) is 2.99. The predicted octanol–water partition coefficient (Wildman–Crippen LogP) is 0.741. The lowest BCUT2D eigenvalue weighted by Crippen LogP contribution is -2.36. The lowest BCUT2D eigenvalue weighted by atomic mass is 9.90. The van der Waals surface area contributed by atoms with E-state index in [0.717, 1.165) is 19.3 Å². The molecule has 1 aromatic rings. The molecule has 19 heavy (non-hydrogen) atoms. The molecular weight excluding hydrogens is 246 g/mol. The van der Waals surface area contributed by atoms with Gasteiger partial charge < -0.3 is 15.5 Å². The Balaban J connectivity index is 2.01. The number of benzene rings is 1. The van der Waals surface area contributed by atoms with Gasteiger partial charge in [-0.3, -0.25) is 4.79 Å². The molecule has 0 saturated heterocycles. The monoisotopic (exact) mass is 263 g/mol. The van der Waals surface area contributed by atoms with E-state index in [2.05, 4.69) is 5.32 Å². The van der Waals surface area contributed by atoms with E-state index in [-0.39, 0.29) is 12.5 Å². The van der Waals surface area contributed by atoms with Crippen LogP contribution in [0.3, 0.4) is 0 Å². The van der Waals surface area contributed by atoms with Crippen LogP contribution in [0.2, 0.25) is 0 Å². The summed E-state index contributed by atoms with van der Waals surface area (Å²) in [5, 5.41) is 20.0. The summed E-state index contributed by atoms with van der Waals surface area (Å²) in [6.07, 6.45) is 2.78. The van der Waals surface area contributed by atoms with Crippen LogP contribution < -0.4 is 5.32 Å². The molecule has 1 amide bonds. The fourth-order valence-electron chi connectivity index (χ4n) is 2.25. The molecule has 1 aliphatic rings. The average molecular weight is 263 g/mol. The number of hydrogen-bond acceptors (Lipinski definition) is 3. The van der Waals surface area contributed by atoms with Crippen LogP contribution in [0.25, 0.3) is 0 Å². The molecule has 0 spiro atoms. The second kappa shape index (κ2) is 5.84. The molecule has 1 aliphatic carbocycles. The van der Waals surface area contributed by atoms with Gasteiger partial charge in [0.15, 0.2) is 6.10 Å². The summed E-state index contributed by atoms with van der Waals surface area (Å²) in [6, 6.07) is 5.56. The van der Waals surface area contributed by atoms with Crippen molar-refractivity contribution < 1.29 is 19.8 Å². The van der Waals surface area contributed by atoms with Crippen molar-refractivity contribution in [3.63, 3.8) is 0 Å². The third-order valence-corrected chi connectivity index (χ3v) is 3.35. The Morgan fingerprint density at radius 3 is 2.58 bits per heavy atom. The van der Waals surface area contributed by atoms with Crippen molar-refractivity contribution in [3.05, 3.63) is 34.9 Å². The van der Waals surface area contributed by atoms with Crippen LogP contribution in [0.15, 0.2) is 18.2 Å². The number of carbonyl (C=O) groups excluding carboxylic acids is 1. The number of aliphatic carboxylic acids is 1. The number of aryl methyl sites for hydroxylation is 2.